The molecule has 2 unspecified atom stereocenters. The van der Waals surface area contributed by atoms with Crippen molar-refractivity contribution in [2.45, 2.75) is 19.1 Å². The molecule has 0 aliphatic rings. The second-order valence-corrected chi connectivity index (χ2v) is 3.57. The molecule has 15 heavy (non-hydrogen) atoms. The molecule has 0 spiro atoms. The fourth-order valence-corrected chi connectivity index (χ4v) is 1.47. The first-order chi connectivity index (χ1) is 7.10. The Hall–Kier alpha value is -1.10. The molecule has 0 aliphatic heterocycles. The van der Waals surface area contributed by atoms with Crippen molar-refractivity contribution in [1.29, 1.82) is 0 Å². The molecule has 0 heterocycles. The van der Waals surface area contributed by atoms with Gasteiger partial charge in [-0.05, 0) is 13.0 Å². The number of nitrogens with two attached hydrogens (primary N) is 2. The van der Waals surface area contributed by atoms with Gasteiger partial charge in [-0.3, -0.25) is 0 Å². The SMILES string of the molecule is COc1ccc(C)cc1C(N)C(O)CN. The third-order valence-electron chi connectivity index (χ3n) is 2.40. The van der Waals surface area contributed by atoms with Crippen molar-refractivity contribution in [3.05, 3.63) is 29.3 Å². The van der Waals surface area contributed by atoms with Crippen LogP contribution in [0.5, 0.6) is 5.75 Å². The fourth-order valence-electron chi connectivity index (χ4n) is 1.47. The monoisotopic (exact) mass is 210 g/mol. The second kappa shape index (κ2) is 5.11. The van der Waals surface area contributed by atoms with Gasteiger partial charge in [0, 0.05) is 12.1 Å². The van der Waals surface area contributed by atoms with Crippen LogP contribution in [0.4, 0.5) is 0 Å². The van der Waals surface area contributed by atoms with Crippen molar-refractivity contribution in [3.8, 4) is 5.75 Å². The van der Waals surface area contributed by atoms with Gasteiger partial charge in [0.25, 0.3) is 0 Å². The van der Waals surface area contributed by atoms with Gasteiger partial charge in [0.2, 0.25) is 0 Å². The molecule has 0 fully saturated rings. The minimum atomic E-state index is -0.749. The fraction of sp³-hybridized carbons (Fsp3) is 0.455. The van der Waals surface area contributed by atoms with E-state index in [1.807, 2.05) is 25.1 Å². The van der Waals surface area contributed by atoms with Crippen LogP contribution in [0, 0.1) is 6.92 Å². The zero-order valence-corrected chi connectivity index (χ0v) is 9.10. The Balaban J connectivity index is 3.05. The molecular weight excluding hydrogens is 192 g/mol. The van der Waals surface area contributed by atoms with Gasteiger partial charge in [0.05, 0.1) is 19.3 Å². The summed E-state index contributed by atoms with van der Waals surface area (Å²) in [5, 5.41) is 9.59. The minimum absolute atomic E-state index is 0.137. The molecule has 84 valence electrons. The van der Waals surface area contributed by atoms with Crippen LogP contribution in [0.15, 0.2) is 18.2 Å². The average Bonchev–Trinajstić information content (AvgIpc) is 2.27. The second-order valence-electron chi connectivity index (χ2n) is 3.57. The third kappa shape index (κ3) is 2.68. The lowest BCUT2D eigenvalue weighted by Gasteiger charge is -2.20. The predicted molar refractivity (Wildman–Crippen MR) is 59.7 cm³/mol. The summed E-state index contributed by atoms with van der Waals surface area (Å²) in [5.74, 6) is 0.681. The van der Waals surface area contributed by atoms with E-state index in [4.69, 9.17) is 16.2 Å². The zero-order valence-electron chi connectivity index (χ0n) is 9.10. The summed E-state index contributed by atoms with van der Waals surface area (Å²) in [6.07, 6.45) is -0.749. The smallest absolute Gasteiger partial charge is 0.123 e. The lowest BCUT2D eigenvalue weighted by molar-refractivity contribution is 0.151. The summed E-state index contributed by atoms with van der Waals surface area (Å²) in [6, 6.07) is 5.17. The first-order valence-electron chi connectivity index (χ1n) is 4.88. The Morgan fingerprint density at radius 3 is 2.67 bits per heavy atom. The van der Waals surface area contributed by atoms with E-state index in [0.717, 1.165) is 11.1 Å². The van der Waals surface area contributed by atoms with E-state index in [1.54, 1.807) is 7.11 Å². The largest absolute Gasteiger partial charge is 0.496 e. The van der Waals surface area contributed by atoms with E-state index in [9.17, 15) is 5.11 Å². The number of benzene rings is 1. The van der Waals surface area contributed by atoms with Crippen LogP contribution in [0.25, 0.3) is 0 Å². The highest BCUT2D eigenvalue weighted by molar-refractivity contribution is 5.39. The first-order valence-corrected chi connectivity index (χ1v) is 4.88. The van der Waals surface area contributed by atoms with E-state index in [-0.39, 0.29) is 6.54 Å². The molecule has 4 nitrogen and oxygen atoms in total. The summed E-state index contributed by atoms with van der Waals surface area (Å²) < 4.78 is 5.18. The number of aryl methyl sites for hydroxylation is 1. The molecule has 1 rings (SSSR count). The number of methoxy groups -OCH3 is 1. The maximum Gasteiger partial charge on any atom is 0.123 e. The van der Waals surface area contributed by atoms with Crippen LogP contribution in [0.2, 0.25) is 0 Å². The summed E-state index contributed by atoms with van der Waals surface area (Å²) in [6.45, 7) is 2.10. The number of ether oxygens (including phenoxy) is 1. The molecule has 0 saturated carbocycles. The molecule has 5 N–H and O–H groups in total. The molecule has 0 aliphatic carbocycles. The van der Waals surface area contributed by atoms with Crippen LogP contribution in [-0.2, 0) is 0 Å². The van der Waals surface area contributed by atoms with Crippen molar-refractivity contribution in [2.75, 3.05) is 13.7 Å². The van der Waals surface area contributed by atoms with Gasteiger partial charge in [-0.15, -0.1) is 0 Å². The van der Waals surface area contributed by atoms with Crippen LogP contribution >= 0.6 is 0 Å². The average molecular weight is 210 g/mol. The molecule has 0 aromatic heterocycles. The van der Waals surface area contributed by atoms with E-state index in [2.05, 4.69) is 0 Å². The standard InChI is InChI=1S/C11H18N2O2/c1-7-3-4-10(15-2)8(5-7)11(13)9(14)6-12/h3-5,9,11,14H,6,12-13H2,1-2H3. The van der Waals surface area contributed by atoms with Crippen LogP contribution in [0.3, 0.4) is 0 Å². The molecule has 0 bridgehead atoms. The summed E-state index contributed by atoms with van der Waals surface area (Å²) in [5.41, 5.74) is 13.1. The Labute approximate surface area is 89.8 Å². The van der Waals surface area contributed by atoms with Crippen LogP contribution in [0.1, 0.15) is 17.2 Å². The quantitative estimate of drug-likeness (QED) is 0.668. The van der Waals surface area contributed by atoms with E-state index in [0.29, 0.717) is 5.75 Å². The molecular formula is C11H18N2O2. The molecule has 1 aromatic rings. The van der Waals surface area contributed by atoms with E-state index in [1.165, 1.54) is 0 Å². The predicted octanol–water partition coefficient (Wildman–Crippen LogP) is 0.323. The molecule has 0 saturated heterocycles. The molecule has 2 atom stereocenters. The van der Waals surface area contributed by atoms with E-state index < -0.39 is 12.1 Å². The topological polar surface area (TPSA) is 81.5 Å². The van der Waals surface area contributed by atoms with Gasteiger partial charge in [0.1, 0.15) is 5.75 Å². The van der Waals surface area contributed by atoms with Gasteiger partial charge in [-0.25, -0.2) is 0 Å². The first kappa shape index (κ1) is 12.0. The van der Waals surface area contributed by atoms with Gasteiger partial charge >= 0.3 is 0 Å². The number of rotatable bonds is 4. The Morgan fingerprint density at radius 1 is 1.47 bits per heavy atom. The van der Waals surface area contributed by atoms with Crippen molar-refractivity contribution >= 4 is 0 Å². The number of aliphatic hydroxyl groups is 1. The van der Waals surface area contributed by atoms with Crippen LogP contribution in [-0.4, -0.2) is 24.9 Å². The maximum absolute atomic E-state index is 9.59. The molecule has 4 heteroatoms. The highest BCUT2D eigenvalue weighted by Crippen LogP contribution is 2.26. The van der Waals surface area contributed by atoms with Crippen molar-refractivity contribution in [2.24, 2.45) is 11.5 Å². The number of hydrogen-bond acceptors (Lipinski definition) is 4. The summed E-state index contributed by atoms with van der Waals surface area (Å²) in [4.78, 5) is 0. The lowest BCUT2D eigenvalue weighted by Crippen LogP contribution is -2.33. The van der Waals surface area contributed by atoms with Crippen molar-refractivity contribution in [1.82, 2.24) is 0 Å². The molecule has 0 amide bonds. The minimum Gasteiger partial charge on any atom is -0.496 e. The summed E-state index contributed by atoms with van der Waals surface area (Å²) >= 11 is 0. The van der Waals surface area contributed by atoms with Crippen molar-refractivity contribution in [3.63, 3.8) is 0 Å². The van der Waals surface area contributed by atoms with Gasteiger partial charge in [-0.2, -0.15) is 0 Å². The Morgan fingerprint density at radius 2 is 2.13 bits per heavy atom. The van der Waals surface area contributed by atoms with Gasteiger partial charge < -0.3 is 21.3 Å². The van der Waals surface area contributed by atoms with Gasteiger partial charge in [0.15, 0.2) is 0 Å². The Kier molecular flexibility index (Phi) is 4.08. The number of hydrogen-bond donors (Lipinski definition) is 3. The molecule has 1 aromatic carbocycles. The highest BCUT2D eigenvalue weighted by atomic mass is 16.5. The van der Waals surface area contributed by atoms with E-state index >= 15 is 0 Å². The van der Waals surface area contributed by atoms with Crippen molar-refractivity contribution < 1.29 is 9.84 Å². The normalized spacial score (nSPS) is 14.7. The Bertz CT molecular complexity index is 328. The van der Waals surface area contributed by atoms with Gasteiger partial charge in [-0.1, -0.05) is 17.7 Å². The number of aliphatic hydroxyl groups excluding tert-OH is 1. The zero-order chi connectivity index (χ0) is 11.4. The third-order valence-corrected chi connectivity index (χ3v) is 2.40. The molecule has 0 radical (unpaired) electrons. The lowest BCUT2D eigenvalue weighted by atomic mass is 9.99. The maximum atomic E-state index is 9.59. The van der Waals surface area contributed by atoms with Crippen LogP contribution < -0.4 is 16.2 Å². The summed E-state index contributed by atoms with van der Waals surface area (Å²) in [7, 11) is 1.58. The highest BCUT2D eigenvalue weighted by Gasteiger charge is 2.18.